The second-order valence-corrected chi connectivity index (χ2v) is 5.88. The number of primary amides is 1. The number of H-pyrrole nitrogens is 1. The number of carbonyl (C=O) groups is 1. The summed E-state index contributed by atoms with van der Waals surface area (Å²) in [5.74, 6) is -0.596. The van der Waals surface area contributed by atoms with Crippen LogP contribution < -0.4 is 10.5 Å². The fraction of sp³-hybridized carbons (Fsp3) is 0.167. The monoisotopic (exact) mass is 294 g/mol. The van der Waals surface area contributed by atoms with Crippen LogP contribution in [-0.2, 0) is 16.4 Å². The number of nitrogens with one attached hydrogen (secondary N) is 2. The van der Waals surface area contributed by atoms with Gasteiger partial charge in [0.05, 0.1) is 11.2 Å². The van der Waals surface area contributed by atoms with Crippen LogP contribution in [0.1, 0.15) is 16.1 Å². The minimum absolute atomic E-state index is 0.0899. The minimum Gasteiger partial charge on any atom is -0.366 e. The zero-order valence-corrected chi connectivity index (χ0v) is 11.4. The third-order valence-corrected chi connectivity index (χ3v) is 4.17. The first-order chi connectivity index (χ1) is 9.49. The molecule has 7 nitrogen and oxygen atoms in total. The normalized spacial score (nSPS) is 11.4. The number of imidazole rings is 1. The largest absolute Gasteiger partial charge is 0.366 e. The summed E-state index contributed by atoms with van der Waals surface area (Å²) in [7, 11) is -3.59. The maximum atomic E-state index is 12.0. The average molecular weight is 294 g/mol. The van der Waals surface area contributed by atoms with Crippen LogP contribution in [-0.4, -0.2) is 30.8 Å². The molecule has 8 heteroatoms. The first-order valence-corrected chi connectivity index (χ1v) is 7.34. The smallest absolute Gasteiger partial charge is 0.248 e. The van der Waals surface area contributed by atoms with Gasteiger partial charge in [-0.1, -0.05) is 0 Å². The maximum Gasteiger partial charge on any atom is 0.248 e. The molecule has 0 saturated carbocycles. The van der Waals surface area contributed by atoms with Crippen molar-refractivity contribution in [3.63, 3.8) is 0 Å². The van der Waals surface area contributed by atoms with Crippen molar-refractivity contribution in [3.05, 3.63) is 48.0 Å². The Morgan fingerprint density at radius 3 is 2.55 bits per heavy atom. The fourth-order valence-corrected chi connectivity index (χ4v) is 2.66. The van der Waals surface area contributed by atoms with Gasteiger partial charge in [-0.25, -0.2) is 18.1 Å². The minimum atomic E-state index is -3.59. The second-order valence-electron chi connectivity index (χ2n) is 4.11. The number of benzene rings is 1. The van der Waals surface area contributed by atoms with Gasteiger partial charge < -0.3 is 10.7 Å². The van der Waals surface area contributed by atoms with Gasteiger partial charge in [0, 0.05) is 30.4 Å². The number of nitrogens with two attached hydrogens (primary N) is 1. The van der Waals surface area contributed by atoms with E-state index in [-0.39, 0.29) is 17.0 Å². The lowest BCUT2D eigenvalue weighted by Crippen LogP contribution is -2.26. The summed E-state index contributed by atoms with van der Waals surface area (Å²) in [5.41, 5.74) is 6.20. The van der Waals surface area contributed by atoms with Crippen molar-refractivity contribution in [1.29, 1.82) is 0 Å². The van der Waals surface area contributed by atoms with Gasteiger partial charge in [0.2, 0.25) is 15.9 Å². The summed E-state index contributed by atoms with van der Waals surface area (Å²) >= 11 is 0. The number of amides is 1. The summed E-state index contributed by atoms with van der Waals surface area (Å²) in [4.78, 5) is 17.7. The van der Waals surface area contributed by atoms with Crippen LogP contribution >= 0.6 is 0 Å². The van der Waals surface area contributed by atoms with Crippen molar-refractivity contribution < 1.29 is 13.2 Å². The number of aromatic nitrogens is 2. The van der Waals surface area contributed by atoms with E-state index < -0.39 is 15.9 Å². The third-order valence-electron chi connectivity index (χ3n) is 2.69. The highest BCUT2D eigenvalue weighted by atomic mass is 32.2. The summed E-state index contributed by atoms with van der Waals surface area (Å²) in [5, 5.41) is 0. The van der Waals surface area contributed by atoms with Crippen LogP contribution in [0.25, 0.3) is 0 Å². The van der Waals surface area contributed by atoms with E-state index in [9.17, 15) is 13.2 Å². The zero-order chi connectivity index (χ0) is 14.6. The van der Waals surface area contributed by atoms with E-state index in [1.807, 2.05) is 0 Å². The molecule has 0 spiro atoms. The van der Waals surface area contributed by atoms with Crippen molar-refractivity contribution in [2.75, 3.05) is 6.54 Å². The molecule has 0 atom stereocenters. The number of hydrogen-bond acceptors (Lipinski definition) is 4. The van der Waals surface area contributed by atoms with Gasteiger partial charge in [-0.15, -0.1) is 0 Å². The van der Waals surface area contributed by atoms with E-state index in [1.54, 1.807) is 6.20 Å². The van der Waals surface area contributed by atoms with Crippen molar-refractivity contribution in [2.45, 2.75) is 11.3 Å². The fourth-order valence-electron chi connectivity index (χ4n) is 1.62. The van der Waals surface area contributed by atoms with E-state index in [2.05, 4.69) is 14.7 Å². The van der Waals surface area contributed by atoms with Crippen LogP contribution in [0, 0.1) is 0 Å². The van der Waals surface area contributed by atoms with Crippen LogP contribution in [0.2, 0.25) is 0 Å². The molecule has 0 fully saturated rings. The van der Waals surface area contributed by atoms with Gasteiger partial charge in [0.1, 0.15) is 0 Å². The van der Waals surface area contributed by atoms with E-state index in [0.29, 0.717) is 6.42 Å². The van der Waals surface area contributed by atoms with Crippen LogP contribution in [0.5, 0.6) is 0 Å². The summed E-state index contributed by atoms with van der Waals surface area (Å²) in [6, 6.07) is 5.45. The van der Waals surface area contributed by atoms with Gasteiger partial charge in [-0.2, -0.15) is 0 Å². The van der Waals surface area contributed by atoms with Gasteiger partial charge in [0.25, 0.3) is 0 Å². The van der Waals surface area contributed by atoms with Crippen LogP contribution in [0.3, 0.4) is 0 Å². The molecule has 2 rings (SSSR count). The number of sulfonamides is 1. The van der Waals surface area contributed by atoms with Crippen molar-refractivity contribution in [2.24, 2.45) is 5.73 Å². The number of nitrogens with zero attached hydrogens (tertiary/aromatic N) is 1. The molecule has 0 saturated heterocycles. The Labute approximate surface area is 116 Å². The summed E-state index contributed by atoms with van der Waals surface area (Å²) < 4.78 is 26.4. The van der Waals surface area contributed by atoms with Crippen molar-refractivity contribution in [3.8, 4) is 0 Å². The van der Waals surface area contributed by atoms with E-state index in [0.717, 1.165) is 5.69 Å². The molecule has 0 radical (unpaired) electrons. The Kier molecular flexibility index (Phi) is 4.16. The van der Waals surface area contributed by atoms with E-state index in [4.69, 9.17) is 5.73 Å². The molecule has 0 bridgehead atoms. The molecule has 1 heterocycles. The maximum absolute atomic E-state index is 12.0. The summed E-state index contributed by atoms with van der Waals surface area (Å²) in [6.45, 7) is 0.252. The Morgan fingerprint density at radius 1 is 1.30 bits per heavy atom. The number of rotatable bonds is 6. The van der Waals surface area contributed by atoms with Crippen molar-refractivity contribution in [1.82, 2.24) is 14.7 Å². The highest BCUT2D eigenvalue weighted by Crippen LogP contribution is 2.10. The van der Waals surface area contributed by atoms with Gasteiger partial charge in [-0.05, 0) is 24.3 Å². The van der Waals surface area contributed by atoms with Gasteiger partial charge in [-0.3, -0.25) is 4.79 Å². The second kappa shape index (κ2) is 5.85. The first kappa shape index (κ1) is 14.2. The third kappa shape index (κ3) is 3.43. The molecule has 0 aliphatic rings. The number of carbonyl (C=O) groups excluding carboxylic acids is 1. The molecule has 1 amide bonds. The number of aromatic amines is 1. The lowest BCUT2D eigenvalue weighted by atomic mass is 10.2. The van der Waals surface area contributed by atoms with Crippen LogP contribution in [0.15, 0.2) is 41.7 Å². The highest BCUT2D eigenvalue weighted by Gasteiger charge is 2.13. The molecule has 1 aromatic heterocycles. The highest BCUT2D eigenvalue weighted by molar-refractivity contribution is 7.89. The molecule has 106 valence electrons. The quantitative estimate of drug-likeness (QED) is 0.696. The predicted octanol–water partition coefficient (Wildman–Crippen LogP) is 0.0296. The molecule has 0 aliphatic heterocycles. The zero-order valence-electron chi connectivity index (χ0n) is 10.5. The Morgan fingerprint density at radius 2 is 2.00 bits per heavy atom. The molecule has 1 aromatic carbocycles. The average Bonchev–Trinajstić information content (AvgIpc) is 2.92. The standard InChI is InChI=1S/C12H14N4O3S/c13-12(17)9-1-3-11(4-2-9)20(18,19)16-6-5-10-7-14-8-15-10/h1-4,7-8,16H,5-6H2,(H2,13,17)(H,14,15). The number of hydrogen-bond donors (Lipinski definition) is 3. The molecule has 0 unspecified atom stereocenters. The predicted molar refractivity (Wildman–Crippen MR) is 72.4 cm³/mol. The van der Waals surface area contributed by atoms with Gasteiger partial charge in [0.15, 0.2) is 0 Å². The molecular formula is C12H14N4O3S. The Hall–Kier alpha value is -2.19. The Bertz CT molecular complexity index is 678. The lowest BCUT2D eigenvalue weighted by Gasteiger charge is -2.06. The molecule has 0 aliphatic carbocycles. The SMILES string of the molecule is NC(=O)c1ccc(S(=O)(=O)NCCc2cnc[nH]2)cc1. The summed E-state index contributed by atoms with van der Waals surface area (Å²) in [6.07, 6.45) is 3.68. The topological polar surface area (TPSA) is 118 Å². The van der Waals surface area contributed by atoms with Crippen molar-refractivity contribution >= 4 is 15.9 Å². The first-order valence-electron chi connectivity index (χ1n) is 5.86. The van der Waals surface area contributed by atoms with E-state index >= 15 is 0 Å². The van der Waals surface area contributed by atoms with E-state index in [1.165, 1.54) is 30.6 Å². The van der Waals surface area contributed by atoms with Crippen LogP contribution in [0.4, 0.5) is 0 Å². The molecule has 4 N–H and O–H groups in total. The molecule has 2 aromatic rings. The Balaban J connectivity index is 2.00. The van der Waals surface area contributed by atoms with Gasteiger partial charge >= 0.3 is 0 Å². The molecular weight excluding hydrogens is 280 g/mol. The lowest BCUT2D eigenvalue weighted by molar-refractivity contribution is 0.1000. The molecule has 20 heavy (non-hydrogen) atoms.